The third-order valence-corrected chi connectivity index (χ3v) is 7.44. The zero-order valence-corrected chi connectivity index (χ0v) is 16.4. The number of hydrogen-bond acceptors (Lipinski definition) is 5. The van der Waals surface area contributed by atoms with Crippen molar-refractivity contribution in [2.75, 3.05) is 6.61 Å². The standard InChI is InChI=1S/C22H30O5/c1-13(2)19(23)26-17-12-21(18-8-6-10-25-18)11-15(17)16-7-5-9-22(16,21)27-20(24)14(3)4/h15-18H,1,3,5-12H2,2,4H3. The summed E-state index contributed by atoms with van der Waals surface area (Å²) in [6, 6.07) is 0. The number of carbonyl (C=O) groups excluding carboxylic acids is 2. The molecule has 0 N–H and O–H groups in total. The molecule has 0 spiro atoms. The van der Waals surface area contributed by atoms with Gasteiger partial charge in [-0.2, -0.15) is 0 Å². The lowest BCUT2D eigenvalue weighted by atomic mass is 9.63. The molecule has 6 atom stereocenters. The Hall–Kier alpha value is -1.62. The van der Waals surface area contributed by atoms with Crippen LogP contribution in [-0.4, -0.2) is 36.4 Å². The van der Waals surface area contributed by atoms with Crippen LogP contribution in [0.15, 0.2) is 24.3 Å². The number of esters is 2. The molecule has 0 radical (unpaired) electrons. The maximum atomic E-state index is 12.6. The summed E-state index contributed by atoms with van der Waals surface area (Å²) in [4.78, 5) is 24.7. The van der Waals surface area contributed by atoms with Gasteiger partial charge < -0.3 is 14.2 Å². The fourth-order valence-electron chi connectivity index (χ4n) is 6.47. The lowest BCUT2D eigenvalue weighted by molar-refractivity contribution is -0.204. The Morgan fingerprint density at radius 1 is 1.04 bits per heavy atom. The van der Waals surface area contributed by atoms with Crippen LogP contribution >= 0.6 is 0 Å². The normalized spacial score (nSPS) is 42.0. The second-order valence-electron chi connectivity index (χ2n) is 9.01. The van der Waals surface area contributed by atoms with Gasteiger partial charge in [0, 0.05) is 35.0 Å². The topological polar surface area (TPSA) is 61.8 Å². The van der Waals surface area contributed by atoms with Gasteiger partial charge in [0.1, 0.15) is 11.7 Å². The van der Waals surface area contributed by atoms with E-state index in [1.807, 2.05) is 0 Å². The minimum Gasteiger partial charge on any atom is -0.459 e. The highest BCUT2D eigenvalue weighted by atomic mass is 16.6. The molecule has 148 valence electrons. The molecule has 27 heavy (non-hydrogen) atoms. The summed E-state index contributed by atoms with van der Waals surface area (Å²) in [5.74, 6) is -0.181. The van der Waals surface area contributed by atoms with Crippen molar-refractivity contribution in [1.29, 1.82) is 0 Å². The Balaban J connectivity index is 1.70. The largest absolute Gasteiger partial charge is 0.459 e. The Bertz CT molecular complexity index is 691. The third-order valence-electron chi connectivity index (χ3n) is 7.44. The van der Waals surface area contributed by atoms with Gasteiger partial charge in [-0.1, -0.05) is 13.2 Å². The van der Waals surface area contributed by atoms with E-state index in [-0.39, 0.29) is 41.4 Å². The second kappa shape index (κ2) is 6.47. The van der Waals surface area contributed by atoms with E-state index in [1.54, 1.807) is 13.8 Å². The van der Waals surface area contributed by atoms with E-state index in [2.05, 4.69) is 13.2 Å². The SMILES string of the molecule is C=C(C)C(=O)OC1CC2(C3CCCO3)CC1C1CCCC12OC(=O)C(=C)C. The molecule has 3 aliphatic carbocycles. The molecule has 2 bridgehead atoms. The average molecular weight is 374 g/mol. The Morgan fingerprint density at radius 3 is 2.41 bits per heavy atom. The molecule has 4 aliphatic rings. The molecule has 5 heteroatoms. The van der Waals surface area contributed by atoms with Crippen LogP contribution in [0.2, 0.25) is 0 Å². The first-order valence-electron chi connectivity index (χ1n) is 10.2. The smallest absolute Gasteiger partial charge is 0.333 e. The molecule has 4 fully saturated rings. The van der Waals surface area contributed by atoms with Gasteiger partial charge in [0.15, 0.2) is 0 Å². The van der Waals surface area contributed by atoms with Crippen molar-refractivity contribution in [2.45, 2.75) is 76.6 Å². The molecular formula is C22H30O5. The Kier molecular flexibility index (Phi) is 4.49. The summed E-state index contributed by atoms with van der Waals surface area (Å²) in [5.41, 5.74) is 0.0934. The van der Waals surface area contributed by atoms with Crippen molar-refractivity contribution in [2.24, 2.45) is 17.3 Å². The van der Waals surface area contributed by atoms with Crippen LogP contribution in [0.5, 0.6) is 0 Å². The summed E-state index contributed by atoms with van der Waals surface area (Å²) in [5, 5.41) is 0. The number of rotatable bonds is 5. The number of hydrogen-bond donors (Lipinski definition) is 0. The first-order chi connectivity index (χ1) is 12.8. The zero-order chi connectivity index (χ0) is 19.4. The van der Waals surface area contributed by atoms with E-state index in [0.717, 1.165) is 45.1 Å². The first-order valence-corrected chi connectivity index (χ1v) is 10.2. The van der Waals surface area contributed by atoms with Crippen LogP contribution in [0, 0.1) is 17.3 Å². The summed E-state index contributed by atoms with van der Waals surface area (Å²) >= 11 is 0. The van der Waals surface area contributed by atoms with Crippen LogP contribution in [0.1, 0.15) is 58.8 Å². The molecule has 0 aromatic carbocycles. The van der Waals surface area contributed by atoms with Gasteiger partial charge in [-0.15, -0.1) is 0 Å². The van der Waals surface area contributed by atoms with Crippen molar-refractivity contribution in [1.82, 2.24) is 0 Å². The van der Waals surface area contributed by atoms with Crippen molar-refractivity contribution >= 4 is 11.9 Å². The molecule has 1 heterocycles. The molecule has 5 nitrogen and oxygen atoms in total. The van der Waals surface area contributed by atoms with Gasteiger partial charge in [-0.3, -0.25) is 0 Å². The molecule has 4 rings (SSSR count). The highest BCUT2D eigenvalue weighted by Gasteiger charge is 2.76. The van der Waals surface area contributed by atoms with Crippen LogP contribution in [0.25, 0.3) is 0 Å². The molecular weight excluding hydrogens is 344 g/mol. The first kappa shape index (κ1) is 18.7. The van der Waals surface area contributed by atoms with Crippen molar-refractivity contribution in [3.63, 3.8) is 0 Å². The van der Waals surface area contributed by atoms with E-state index in [0.29, 0.717) is 17.6 Å². The Morgan fingerprint density at radius 2 is 1.78 bits per heavy atom. The quantitative estimate of drug-likeness (QED) is 0.542. The monoisotopic (exact) mass is 374 g/mol. The molecule has 0 amide bonds. The predicted octanol–water partition coefficient (Wildman–Crippen LogP) is 3.72. The Labute approximate surface area is 161 Å². The molecule has 1 aliphatic heterocycles. The summed E-state index contributed by atoms with van der Waals surface area (Å²) in [7, 11) is 0. The summed E-state index contributed by atoms with van der Waals surface area (Å²) in [6.45, 7) is 11.6. The van der Waals surface area contributed by atoms with Crippen LogP contribution in [-0.2, 0) is 23.8 Å². The lowest BCUT2D eigenvalue weighted by Crippen LogP contribution is -2.58. The van der Waals surface area contributed by atoms with Gasteiger partial charge in [0.2, 0.25) is 0 Å². The third kappa shape index (κ3) is 2.61. The van der Waals surface area contributed by atoms with Crippen molar-refractivity contribution in [3.05, 3.63) is 24.3 Å². The molecule has 6 unspecified atom stereocenters. The predicted molar refractivity (Wildman–Crippen MR) is 99.8 cm³/mol. The molecule has 0 aromatic rings. The number of ether oxygens (including phenoxy) is 3. The fraction of sp³-hybridized carbons (Fsp3) is 0.727. The minimum atomic E-state index is -0.505. The number of fused-ring (bicyclic) bond motifs is 5. The van der Waals surface area contributed by atoms with Gasteiger partial charge in [-0.25, -0.2) is 9.59 Å². The van der Waals surface area contributed by atoms with Crippen molar-refractivity contribution < 1.29 is 23.8 Å². The van der Waals surface area contributed by atoms with E-state index in [9.17, 15) is 9.59 Å². The van der Waals surface area contributed by atoms with Gasteiger partial charge in [-0.05, 0) is 58.8 Å². The lowest BCUT2D eigenvalue weighted by Gasteiger charge is -2.50. The van der Waals surface area contributed by atoms with Crippen LogP contribution in [0.3, 0.4) is 0 Å². The summed E-state index contributed by atoms with van der Waals surface area (Å²) < 4.78 is 18.3. The molecule has 0 aromatic heterocycles. The van der Waals surface area contributed by atoms with Gasteiger partial charge in [0.25, 0.3) is 0 Å². The zero-order valence-electron chi connectivity index (χ0n) is 16.4. The van der Waals surface area contributed by atoms with Crippen molar-refractivity contribution in [3.8, 4) is 0 Å². The van der Waals surface area contributed by atoms with E-state index in [4.69, 9.17) is 14.2 Å². The van der Waals surface area contributed by atoms with E-state index >= 15 is 0 Å². The van der Waals surface area contributed by atoms with Crippen LogP contribution < -0.4 is 0 Å². The van der Waals surface area contributed by atoms with E-state index in [1.165, 1.54) is 0 Å². The van der Waals surface area contributed by atoms with E-state index < -0.39 is 5.60 Å². The highest BCUT2D eigenvalue weighted by Crippen LogP contribution is 2.72. The maximum Gasteiger partial charge on any atom is 0.333 e. The second-order valence-corrected chi connectivity index (χ2v) is 9.01. The minimum absolute atomic E-state index is 0.0644. The van der Waals surface area contributed by atoms with Crippen LogP contribution in [0.4, 0.5) is 0 Å². The molecule has 3 saturated carbocycles. The average Bonchev–Trinajstić information content (AvgIpc) is 3.35. The van der Waals surface area contributed by atoms with Gasteiger partial charge >= 0.3 is 11.9 Å². The maximum absolute atomic E-state index is 12.6. The highest BCUT2D eigenvalue weighted by molar-refractivity contribution is 5.88. The molecule has 1 saturated heterocycles. The summed E-state index contributed by atoms with van der Waals surface area (Å²) in [6.07, 6.45) is 6.45. The fourth-order valence-corrected chi connectivity index (χ4v) is 6.47. The number of carbonyl (C=O) groups is 2. The van der Waals surface area contributed by atoms with Gasteiger partial charge in [0.05, 0.1) is 6.10 Å².